The molecule has 1 heterocycles. The average Bonchev–Trinajstić information content (AvgIpc) is 2.90. The molecule has 4 nitrogen and oxygen atoms in total. The van der Waals surface area contributed by atoms with Gasteiger partial charge in [0, 0.05) is 23.1 Å². The quantitative estimate of drug-likeness (QED) is 0.616. The molecule has 2 fully saturated rings. The third kappa shape index (κ3) is 2.82. The predicted octanol–water partition coefficient (Wildman–Crippen LogP) is 3.71. The maximum Gasteiger partial charge on any atom is 0.224 e. The summed E-state index contributed by atoms with van der Waals surface area (Å²) in [5.74, 6) is 2.27. The molecule has 0 bridgehead atoms. The van der Waals surface area contributed by atoms with Crippen molar-refractivity contribution in [1.82, 2.24) is 5.32 Å². The molecule has 0 spiro atoms. The molecule has 3 aliphatic rings. The van der Waals surface area contributed by atoms with E-state index in [0.717, 1.165) is 36.8 Å². The fraction of sp³-hybridized carbons (Fsp3) is 0.727. The summed E-state index contributed by atoms with van der Waals surface area (Å²) in [6.07, 6.45) is 10.1. The highest BCUT2D eigenvalue weighted by Crippen LogP contribution is 2.62. The minimum Gasteiger partial charge on any atom is -0.619 e. The Labute approximate surface area is 157 Å². The Bertz CT molecular complexity index is 723. The number of carbonyl (C=O) groups excluding carboxylic acids is 1. The fourth-order valence-electron chi connectivity index (χ4n) is 6.39. The van der Waals surface area contributed by atoms with Gasteiger partial charge in [-0.3, -0.25) is 4.79 Å². The van der Waals surface area contributed by atoms with Gasteiger partial charge in [-0.25, -0.2) is 0 Å². The normalized spacial score (nSPS) is 36.0. The summed E-state index contributed by atoms with van der Waals surface area (Å²) >= 11 is 0. The van der Waals surface area contributed by atoms with Crippen molar-refractivity contribution >= 4 is 5.91 Å². The van der Waals surface area contributed by atoms with E-state index in [4.69, 9.17) is 0 Å². The second-order valence-corrected chi connectivity index (χ2v) is 10.1. The third-order valence-corrected chi connectivity index (χ3v) is 7.45. The van der Waals surface area contributed by atoms with Crippen molar-refractivity contribution in [3.05, 3.63) is 34.8 Å². The summed E-state index contributed by atoms with van der Waals surface area (Å²) in [5, 5.41) is 14.9. The molecule has 2 saturated carbocycles. The van der Waals surface area contributed by atoms with E-state index in [1.54, 1.807) is 12.4 Å². The molecule has 0 aromatic carbocycles. The molecule has 3 aliphatic carbocycles. The molecule has 0 unspecified atom stereocenters. The van der Waals surface area contributed by atoms with Crippen LogP contribution in [-0.4, -0.2) is 11.4 Å². The van der Waals surface area contributed by atoms with E-state index >= 15 is 0 Å². The van der Waals surface area contributed by atoms with Crippen LogP contribution in [0.25, 0.3) is 0 Å². The second kappa shape index (κ2) is 5.97. The lowest BCUT2D eigenvalue weighted by atomic mass is 9.54. The number of pyridine rings is 1. The number of nitrogens with zero attached hydrogens (tertiary/aromatic N) is 1. The van der Waals surface area contributed by atoms with Gasteiger partial charge in [0.05, 0.1) is 0 Å². The van der Waals surface area contributed by atoms with Gasteiger partial charge in [0.2, 0.25) is 5.91 Å². The van der Waals surface area contributed by atoms with E-state index in [9.17, 15) is 10.0 Å². The molecule has 4 rings (SSSR count). The number of aromatic nitrogens is 1. The third-order valence-electron chi connectivity index (χ3n) is 7.45. The van der Waals surface area contributed by atoms with Crippen LogP contribution >= 0.6 is 0 Å². The summed E-state index contributed by atoms with van der Waals surface area (Å²) in [7, 11) is 0. The lowest BCUT2D eigenvalue weighted by Gasteiger charge is -2.50. The highest BCUT2D eigenvalue weighted by molar-refractivity contribution is 5.80. The second-order valence-electron chi connectivity index (χ2n) is 10.1. The smallest absolute Gasteiger partial charge is 0.224 e. The number of hydrogen-bond acceptors (Lipinski definition) is 2. The van der Waals surface area contributed by atoms with E-state index in [1.165, 1.54) is 17.5 Å². The molecule has 0 aliphatic heterocycles. The Morgan fingerprint density at radius 3 is 2.77 bits per heavy atom. The maximum atomic E-state index is 13.0. The summed E-state index contributed by atoms with van der Waals surface area (Å²) in [4.78, 5) is 13.0. The van der Waals surface area contributed by atoms with Crippen molar-refractivity contribution in [1.29, 1.82) is 0 Å². The maximum absolute atomic E-state index is 13.0. The molecule has 1 aromatic heterocycles. The first-order chi connectivity index (χ1) is 12.2. The zero-order valence-corrected chi connectivity index (χ0v) is 16.5. The van der Waals surface area contributed by atoms with Crippen molar-refractivity contribution in [3.8, 4) is 0 Å². The molecule has 1 N–H and O–H groups in total. The van der Waals surface area contributed by atoms with E-state index < -0.39 is 0 Å². The number of aryl methyl sites for hydroxylation is 1. The molecule has 1 amide bonds. The predicted molar refractivity (Wildman–Crippen MR) is 101 cm³/mol. The lowest BCUT2D eigenvalue weighted by Crippen LogP contribution is -2.50. The van der Waals surface area contributed by atoms with Crippen LogP contribution < -0.4 is 10.0 Å². The molecule has 4 heteroatoms. The van der Waals surface area contributed by atoms with Crippen LogP contribution in [0.5, 0.6) is 0 Å². The number of nitrogens with one attached hydrogen (secondary N) is 1. The van der Waals surface area contributed by atoms with Gasteiger partial charge in [-0.15, -0.1) is 0 Å². The van der Waals surface area contributed by atoms with Gasteiger partial charge < -0.3 is 10.5 Å². The molecule has 26 heavy (non-hydrogen) atoms. The topological polar surface area (TPSA) is 56.0 Å². The first kappa shape index (κ1) is 17.8. The van der Waals surface area contributed by atoms with E-state index in [2.05, 4.69) is 39.1 Å². The standard InChI is InChI=1S/C22H32N2O2/c1-21(2,3)23-20(25)19-8-7-18-17-6-5-14-13-24(26)12-10-15(14)16(17)9-11-22(18,19)4/h10,12-13,16-19H,5-9,11H2,1-4H3,(H,23,25)/t16-,17-,18+,19-,22+/m1/s1. The summed E-state index contributed by atoms with van der Waals surface area (Å²) in [6.45, 7) is 8.57. The SMILES string of the molecule is CC(C)(C)NC(=O)[C@H]1CC[C@H]2[C@@H]3CCc4c[n+]([O-])ccc4[C@H]3CC[C@]12C. The van der Waals surface area contributed by atoms with Crippen molar-refractivity contribution < 1.29 is 9.52 Å². The Morgan fingerprint density at radius 2 is 2.04 bits per heavy atom. The fourth-order valence-corrected chi connectivity index (χ4v) is 6.39. The number of carbonyl (C=O) groups is 1. The minimum absolute atomic E-state index is 0.126. The minimum atomic E-state index is -0.166. The molecule has 142 valence electrons. The monoisotopic (exact) mass is 356 g/mol. The summed E-state index contributed by atoms with van der Waals surface area (Å²) in [5.41, 5.74) is 2.60. The lowest BCUT2D eigenvalue weighted by molar-refractivity contribution is -0.606. The van der Waals surface area contributed by atoms with Crippen molar-refractivity contribution in [2.24, 2.45) is 23.2 Å². The number of amides is 1. The van der Waals surface area contributed by atoms with E-state index in [0.29, 0.717) is 17.8 Å². The van der Waals surface area contributed by atoms with Crippen LogP contribution in [0.3, 0.4) is 0 Å². The van der Waals surface area contributed by atoms with Gasteiger partial charge >= 0.3 is 0 Å². The van der Waals surface area contributed by atoms with E-state index in [1.807, 2.05) is 0 Å². The van der Waals surface area contributed by atoms with Crippen LogP contribution in [0.1, 0.15) is 76.8 Å². The molecular formula is C22H32N2O2. The van der Waals surface area contributed by atoms with Crippen LogP contribution in [0.4, 0.5) is 0 Å². The molecule has 1 aromatic rings. The first-order valence-electron chi connectivity index (χ1n) is 10.2. The summed E-state index contributed by atoms with van der Waals surface area (Å²) in [6, 6.07) is 2.06. The largest absolute Gasteiger partial charge is 0.619 e. The first-order valence-corrected chi connectivity index (χ1v) is 10.2. The molecular weight excluding hydrogens is 324 g/mol. The zero-order chi connectivity index (χ0) is 18.7. The number of rotatable bonds is 1. The highest BCUT2D eigenvalue weighted by Gasteiger charge is 2.56. The van der Waals surface area contributed by atoms with Crippen molar-refractivity contribution in [3.63, 3.8) is 0 Å². The van der Waals surface area contributed by atoms with Crippen molar-refractivity contribution in [2.45, 2.75) is 77.7 Å². The van der Waals surface area contributed by atoms with Crippen molar-refractivity contribution in [2.75, 3.05) is 0 Å². The van der Waals surface area contributed by atoms with Crippen LogP contribution in [0, 0.1) is 28.4 Å². The number of hydrogen-bond donors (Lipinski definition) is 1. The van der Waals surface area contributed by atoms with Crippen LogP contribution in [0.15, 0.2) is 18.5 Å². The Balaban J connectivity index is 1.59. The molecule has 5 atom stereocenters. The summed E-state index contributed by atoms with van der Waals surface area (Å²) < 4.78 is 0.939. The molecule has 0 radical (unpaired) electrons. The van der Waals surface area contributed by atoms with Gasteiger partial charge in [-0.1, -0.05) is 6.92 Å². The van der Waals surface area contributed by atoms with Crippen LogP contribution in [-0.2, 0) is 11.2 Å². The molecule has 0 saturated heterocycles. The number of fused-ring (bicyclic) bond motifs is 5. The zero-order valence-electron chi connectivity index (χ0n) is 16.5. The highest BCUT2D eigenvalue weighted by atomic mass is 16.5. The van der Waals surface area contributed by atoms with E-state index in [-0.39, 0.29) is 22.8 Å². The Hall–Kier alpha value is -1.58. The van der Waals surface area contributed by atoms with Crippen LogP contribution in [0.2, 0.25) is 0 Å². The van der Waals surface area contributed by atoms with Gasteiger partial charge in [0.15, 0.2) is 12.4 Å². The van der Waals surface area contributed by atoms with Gasteiger partial charge in [0.1, 0.15) is 0 Å². The Morgan fingerprint density at radius 1 is 1.27 bits per heavy atom. The average molecular weight is 357 g/mol. The van der Waals surface area contributed by atoms with Gasteiger partial charge in [0.25, 0.3) is 0 Å². The van der Waals surface area contributed by atoms with Gasteiger partial charge in [-0.05, 0) is 88.0 Å². The Kier molecular flexibility index (Phi) is 4.09. The van der Waals surface area contributed by atoms with Gasteiger partial charge in [-0.2, -0.15) is 4.73 Å².